The molecule has 1 aromatic carbocycles. The van der Waals surface area contributed by atoms with Crippen molar-refractivity contribution in [3.05, 3.63) is 57.2 Å². The fraction of sp³-hybridized carbons (Fsp3) is 0.188. The zero-order chi connectivity index (χ0) is 17.6. The van der Waals surface area contributed by atoms with Crippen molar-refractivity contribution in [2.24, 2.45) is 7.05 Å². The summed E-state index contributed by atoms with van der Waals surface area (Å²) in [6.07, 6.45) is 0. The Morgan fingerprint density at radius 2 is 2.08 bits per heavy atom. The summed E-state index contributed by atoms with van der Waals surface area (Å²) in [5, 5.41) is 0.341. The number of hydrogen-bond donors (Lipinski definition) is 1. The maximum absolute atomic E-state index is 12.0. The summed E-state index contributed by atoms with van der Waals surface area (Å²) < 4.78 is 1.68. The summed E-state index contributed by atoms with van der Waals surface area (Å²) in [5.41, 5.74) is 1.88. The summed E-state index contributed by atoms with van der Waals surface area (Å²) in [6, 6.07) is 3.71. The molecule has 0 radical (unpaired) electrons. The van der Waals surface area contributed by atoms with Crippen LogP contribution in [0.5, 0.6) is 0 Å². The van der Waals surface area contributed by atoms with E-state index in [1.54, 1.807) is 16.5 Å². The van der Waals surface area contributed by atoms with Crippen LogP contribution in [0.15, 0.2) is 33.5 Å². The molecule has 0 aromatic heterocycles. The summed E-state index contributed by atoms with van der Waals surface area (Å²) in [5.74, 6) is 0.235. The Balaban J connectivity index is 0.00000225. The average Bonchev–Trinajstić information content (AvgIpc) is 2.50. The molecule has 2 aliphatic rings. The number of benzene rings is 1. The van der Waals surface area contributed by atoms with Crippen molar-refractivity contribution < 1.29 is 21.1 Å². The van der Waals surface area contributed by atoms with E-state index in [4.69, 9.17) is 11.6 Å². The molecule has 2 aliphatic heterocycles. The van der Waals surface area contributed by atoms with Crippen molar-refractivity contribution >= 4 is 28.3 Å². The predicted octanol–water partition coefficient (Wildman–Crippen LogP) is 1.78. The quantitative estimate of drug-likeness (QED) is 0.318. The van der Waals surface area contributed by atoms with Gasteiger partial charge in [0.1, 0.15) is 0 Å². The molecule has 1 N–H and O–H groups in total. The van der Waals surface area contributed by atoms with Gasteiger partial charge >= 0.3 is 5.69 Å². The Morgan fingerprint density at radius 3 is 2.68 bits per heavy atom. The largest absolute Gasteiger partial charge is 0.363 e. The van der Waals surface area contributed by atoms with Gasteiger partial charge in [0, 0.05) is 33.8 Å². The minimum absolute atomic E-state index is 0. The molecule has 25 heavy (non-hydrogen) atoms. The van der Waals surface area contributed by atoms with E-state index in [9.17, 15) is 9.59 Å². The predicted molar refractivity (Wildman–Crippen MR) is 94.5 cm³/mol. The van der Waals surface area contributed by atoms with E-state index in [1.807, 2.05) is 19.1 Å². The van der Waals surface area contributed by atoms with Crippen LogP contribution in [0.4, 0.5) is 5.69 Å². The number of halogens is 1. The molecule has 0 bridgehead atoms. The van der Waals surface area contributed by atoms with E-state index < -0.39 is 11.2 Å². The summed E-state index contributed by atoms with van der Waals surface area (Å²) >= 11 is 6.04. The minimum Gasteiger partial charge on any atom is -0.363 e. The van der Waals surface area contributed by atoms with Gasteiger partial charge in [-0.1, -0.05) is 18.2 Å². The number of aromatic amines is 1. The van der Waals surface area contributed by atoms with Gasteiger partial charge in [-0.2, -0.15) is 4.98 Å². The first kappa shape index (κ1) is 19.3. The molecule has 0 saturated heterocycles. The minimum atomic E-state index is -0.695. The van der Waals surface area contributed by atoms with Crippen LogP contribution in [-0.4, -0.2) is 26.1 Å². The van der Waals surface area contributed by atoms with Gasteiger partial charge in [-0.15, -0.1) is 6.54 Å². The molecule has 9 heteroatoms. The second-order valence-corrected chi connectivity index (χ2v) is 5.81. The molecule has 0 aliphatic carbocycles. The van der Waals surface area contributed by atoms with Crippen LogP contribution in [0.2, 0.25) is 0 Å². The number of aromatic nitrogens is 4. The van der Waals surface area contributed by atoms with E-state index in [-0.39, 0.29) is 32.6 Å². The van der Waals surface area contributed by atoms with Crippen molar-refractivity contribution in [3.63, 3.8) is 0 Å². The summed E-state index contributed by atoms with van der Waals surface area (Å²) in [4.78, 5) is 35.6. The number of fused-ring (bicyclic) bond motifs is 2. The molecule has 0 unspecified atom stereocenters. The average molecular weight is 529 g/mol. The van der Waals surface area contributed by atoms with Crippen LogP contribution < -0.4 is 16.1 Å². The first-order chi connectivity index (χ1) is 11.3. The molecular formula is C16H15ClN5O2W-. The smallest absolute Gasteiger partial charge is 0.349 e. The van der Waals surface area contributed by atoms with Gasteiger partial charge in [-0.05, 0) is 24.6 Å². The first-order valence-electron chi connectivity index (χ1n) is 7.16. The van der Waals surface area contributed by atoms with Crippen molar-refractivity contribution in [1.82, 2.24) is 19.5 Å². The monoisotopic (exact) mass is 528 g/mol. The third kappa shape index (κ3) is 3.26. The molecule has 0 fully saturated rings. The molecule has 1 aromatic rings. The fourth-order valence-corrected chi connectivity index (χ4v) is 2.87. The van der Waals surface area contributed by atoms with Crippen molar-refractivity contribution in [1.29, 1.82) is 0 Å². The van der Waals surface area contributed by atoms with E-state index in [0.29, 0.717) is 17.2 Å². The van der Waals surface area contributed by atoms with Crippen LogP contribution in [0.25, 0.3) is 22.6 Å². The van der Waals surface area contributed by atoms with Gasteiger partial charge in [0.05, 0.1) is 16.2 Å². The van der Waals surface area contributed by atoms with Crippen LogP contribution in [0, 0.1) is 13.8 Å². The molecule has 0 spiro atoms. The van der Waals surface area contributed by atoms with Gasteiger partial charge in [0.25, 0.3) is 5.56 Å². The van der Waals surface area contributed by atoms with Gasteiger partial charge in [-0.3, -0.25) is 9.78 Å². The normalized spacial score (nSPS) is 10.7. The zero-order valence-corrected chi connectivity index (χ0v) is 17.4. The molecule has 0 saturated carbocycles. The SMILES string of the molecule is C=C(Cl)N(C[CH2-])c1cc2nc3c(=O)[nH]c(=O)nc-3n(C)c2cc1C.[W]. The summed E-state index contributed by atoms with van der Waals surface area (Å²) in [6.45, 7) is 9.91. The maximum atomic E-state index is 12.0. The third-order valence-electron chi connectivity index (χ3n) is 3.87. The van der Waals surface area contributed by atoms with E-state index >= 15 is 0 Å². The number of H-pyrrole nitrogens is 1. The molecular weight excluding hydrogens is 514 g/mol. The van der Waals surface area contributed by atoms with Crippen molar-refractivity contribution in [2.75, 3.05) is 11.4 Å². The Bertz CT molecular complexity index is 1060. The number of hydrogen-bond acceptors (Lipinski definition) is 5. The second-order valence-electron chi connectivity index (χ2n) is 5.37. The number of rotatable bonds is 3. The molecule has 3 rings (SSSR count). The molecule has 130 valence electrons. The van der Waals surface area contributed by atoms with Crippen LogP contribution >= 0.6 is 11.6 Å². The zero-order valence-electron chi connectivity index (χ0n) is 13.7. The summed E-state index contributed by atoms with van der Waals surface area (Å²) in [7, 11) is 1.73. The third-order valence-corrected chi connectivity index (χ3v) is 4.07. The fourth-order valence-electron chi connectivity index (χ4n) is 2.70. The Morgan fingerprint density at radius 1 is 1.40 bits per heavy atom. The van der Waals surface area contributed by atoms with Gasteiger partial charge < -0.3 is 16.4 Å². The van der Waals surface area contributed by atoms with Crippen LogP contribution in [-0.2, 0) is 28.1 Å². The molecule has 2 heterocycles. The first-order valence-corrected chi connectivity index (χ1v) is 7.54. The van der Waals surface area contributed by atoms with Gasteiger partial charge in [0.2, 0.25) is 0 Å². The van der Waals surface area contributed by atoms with Crippen LogP contribution in [0.1, 0.15) is 5.56 Å². The molecule has 7 nitrogen and oxygen atoms in total. The molecule has 0 atom stereocenters. The second kappa shape index (κ2) is 7.10. The topological polar surface area (TPSA) is 83.9 Å². The maximum Gasteiger partial charge on any atom is 0.349 e. The van der Waals surface area contributed by atoms with Crippen molar-refractivity contribution in [2.45, 2.75) is 6.92 Å². The Labute approximate surface area is 163 Å². The Hall–Kier alpha value is -1.98. The van der Waals surface area contributed by atoms with Gasteiger partial charge in [0.15, 0.2) is 11.5 Å². The standard InChI is InChI=1S/C16H15ClN5O2.W/c1-5-22(9(3)17)11-7-10-12(6-8(11)2)21(4)14-13(18-10)15(23)20-16(24)19-14;/h6-7H,1,3,5H2,2,4H3,(H,20,23,24);/q-1;. The van der Waals surface area contributed by atoms with Crippen LogP contribution in [0.3, 0.4) is 0 Å². The Kier molecular flexibility index (Phi) is 5.49. The number of nitrogens with one attached hydrogen (secondary N) is 1. The number of anilines is 1. The van der Waals surface area contributed by atoms with Crippen molar-refractivity contribution in [3.8, 4) is 11.5 Å². The van der Waals surface area contributed by atoms with Gasteiger partial charge in [-0.25, -0.2) is 9.78 Å². The molecule has 0 amide bonds. The number of nitrogens with zero attached hydrogens (tertiary/aromatic N) is 4. The number of aryl methyl sites for hydroxylation is 2. The van der Waals surface area contributed by atoms with E-state index in [2.05, 4.69) is 28.5 Å². The van der Waals surface area contributed by atoms with E-state index in [1.165, 1.54) is 0 Å². The van der Waals surface area contributed by atoms with E-state index in [0.717, 1.165) is 16.8 Å².